The maximum absolute atomic E-state index is 16.4. The zero-order chi connectivity index (χ0) is 41.7. The van der Waals surface area contributed by atoms with Gasteiger partial charge in [-0.1, -0.05) is 36.4 Å². The molecule has 0 unspecified atom stereocenters. The number of aryl methyl sites for hydroxylation is 3. The number of aromatic nitrogens is 3. The van der Waals surface area contributed by atoms with Gasteiger partial charge in [0, 0.05) is 47.7 Å². The molecule has 1 N–H and O–H groups in total. The van der Waals surface area contributed by atoms with Crippen molar-refractivity contribution < 1.29 is 42.8 Å². The Bertz CT molecular complexity index is 2210. The number of amides is 2. The smallest absolute Gasteiger partial charge is 0.419 e. The highest BCUT2D eigenvalue weighted by Gasteiger charge is 2.32. The highest BCUT2D eigenvalue weighted by molar-refractivity contribution is 6.05. The van der Waals surface area contributed by atoms with Crippen LogP contribution in [0.5, 0.6) is 5.75 Å². The third-order valence-electron chi connectivity index (χ3n) is 9.37. The topological polar surface area (TPSA) is 134 Å². The SMILES string of the molecule is CCOC(=O)c1c(CCCOc2cccc3ccccc23)c2ccc(F)c(-c3c(CO)nn(C)c3C)c2n1CCCCN(C(=O)OC(C)(C)C)C(=O)OC(C)(C)C. The highest BCUT2D eigenvalue weighted by atomic mass is 19.1. The van der Waals surface area contributed by atoms with Crippen LogP contribution in [-0.2, 0) is 40.8 Å². The molecule has 0 aliphatic carbocycles. The molecule has 0 fully saturated rings. The van der Waals surface area contributed by atoms with Gasteiger partial charge in [-0.15, -0.1) is 0 Å². The van der Waals surface area contributed by atoms with Crippen molar-refractivity contribution in [3.63, 3.8) is 0 Å². The molecule has 57 heavy (non-hydrogen) atoms. The summed E-state index contributed by atoms with van der Waals surface area (Å²) >= 11 is 0. The Hall–Kier alpha value is -5.43. The first-order chi connectivity index (χ1) is 27.0. The van der Waals surface area contributed by atoms with Crippen LogP contribution in [0.15, 0.2) is 54.6 Å². The van der Waals surface area contributed by atoms with E-state index in [0.717, 1.165) is 21.4 Å². The molecule has 0 aliphatic rings. The number of fused-ring (bicyclic) bond motifs is 2. The largest absolute Gasteiger partial charge is 0.493 e. The van der Waals surface area contributed by atoms with Crippen LogP contribution in [0.25, 0.3) is 32.8 Å². The number of rotatable bonds is 14. The number of hydrogen-bond acceptors (Lipinski definition) is 9. The number of imide groups is 1. The summed E-state index contributed by atoms with van der Waals surface area (Å²) in [5.74, 6) is -0.366. The van der Waals surface area contributed by atoms with Crippen molar-refractivity contribution in [3.05, 3.63) is 83.1 Å². The van der Waals surface area contributed by atoms with Gasteiger partial charge in [-0.3, -0.25) is 4.68 Å². The number of carbonyl (C=O) groups is 3. The predicted octanol–water partition coefficient (Wildman–Crippen LogP) is 9.28. The Morgan fingerprint density at radius 3 is 2.18 bits per heavy atom. The van der Waals surface area contributed by atoms with Gasteiger partial charge < -0.3 is 28.6 Å². The summed E-state index contributed by atoms with van der Waals surface area (Å²) in [6.07, 6.45) is -0.0929. The number of ether oxygens (including phenoxy) is 4. The van der Waals surface area contributed by atoms with E-state index < -0.39 is 41.8 Å². The van der Waals surface area contributed by atoms with Crippen molar-refractivity contribution in [3.8, 4) is 16.9 Å². The van der Waals surface area contributed by atoms with Gasteiger partial charge in [-0.05, 0) is 110 Å². The number of halogens is 1. The molecule has 0 radical (unpaired) electrons. The van der Waals surface area contributed by atoms with Gasteiger partial charge in [0.25, 0.3) is 0 Å². The minimum absolute atomic E-state index is 0.0340. The van der Waals surface area contributed by atoms with Gasteiger partial charge in [0.1, 0.15) is 28.5 Å². The molecule has 0 saturated carbocycles. The molecule has 5 aromatic rings. The van der Waals surface area contributed by atoms with Gasteiger partial charge in [0.15, 0.2) is 0 Å². The quantitative estimate of drug-likeness (QED) is 0.0664. The first kappa shape index (κ1) is 42.7. The van der Waals surface area contributed by atoms with E-state index in [0.29, 0.717) is 65.7 Å². The minimum Gasteiger partial charge on any atom is -0.493 e. The van der Waals surface area contributed by atoms with Crippen molar-refractivity contribution in [1.29, 1.82) is 0 Å². The third kappa shape index (κ3) is 9.94. The maximum Gasteiger partial charge on any atom is 0.419 e. The molecule has 0 aliphatic heterocycles. The Kier molecular flexibility index (Phi) is 13.3. The van der Waals surface area contributed by atoms with Gasteiger partial charge >= 0.3 is 18.2 Å². The molecule has 12 nitrogen and oxygen atoms in total. The van der Waals surface area contributed by atoms with Crippen LogP contribution in [-0.4, -0.2) is 73.5 Å². The monoisotopic (exact) mass is 786 g/mol. The Morgan fingerprint density at radius 1 is 0.860 bits per heavy atom. The molecule has 0 spiro atoms. The molecule has 5 rings (SSSR count). The second kappa shape index (κ2) is 17.8. The van der Waals surface area contributed by atoms with Crippen LogP contribution in [0.1, 0.15) is 95.2 Å². The van der Waals surface area contributed by atoms with Crippen molar-refractivity contribution in [1.82, 2.24) is 19.2 Å². The fourth-order valence-corrected chi connectivity index (χ4v) is 6.94. The molecule has 3 aromatic carbocycles. The number of benzene rings is 3. The number of esters is 1. The average Bonchev–Trinajstić information content (AvgIpc) is 3.60. The van der Waals surface area contributed by atoms with Crippen LogP contribution >= 0.6 is 0 Å². The molecule has 2 aromatic heterocycles. The van der Waals surface area contributed by atoms with Gasteiger partial charge in [0.2, 0.25) is 0 Å². The lowest BCUT2D eigenvalue weighted by atomic mass is 9.97. The fourth-order valence-electron chi connectivity index (χ4n) is 6.94. The van der Waals surface area contributed by atoms with Gasteiger partial charge in [-0.2, -0.15) is 5.10 Å². The Morgan fingerprint density at radius 2 is 1.53 bits per heavy atom. The van der Waals surface area contributed by atoms with E-state index >= 15 is 4.39 Å². The number of hydrogen-bond donors (Lipinski definition) is 1. The highest BCUT2D eigenvalue weighted by Crippen LogP contribution is 2.40. The van der Waals surface area contributed by atoms with Crippen LogP contribution in [0.3, 0.4) is 0 Å². The lowest BCUT2D eigenvalue weighted by Crippen LogP contribution is -2.44. The lowest BCUT2D eigenvalue weighted by Gasteiger charge is -2.28. The predicted molar refractivity (Wildman–Crippen MR) is 217 cm³/mol. The molecule has 2 heterocycles. The molecule has 13 heteroatoms. The zero-order valence-corrected chi connectivity index (χ0v) is 34.5. The number of unbranched alkanes of at least 4 members (excludes halogenated alkanes) is 1. The van der Waals surface area contributed by atoms with E-state index in [1.54, 1.807) is 77.8 Å². The van der Waals surface area contributed by atoms with Crippen molar-refractivity contribution in [2.45, 2.75) is 105 Å². The van der Waals surface area contributed by atoms with Gasteiger partial charge in [-0.25, -0.2) is 23.7 Å². The van der Waals surface area contributed by atoms with Gasteiger partial charge in [0.05, 0.1) is 31.0 Å². The molecule has 306 valence electrons. The number of carbonyl (C=O) groups excluding carboxylic acids is 3. The fraction of sp³-hybridized carbons (Fsp3) is 0.455. The second-order valence-corrected chi connectivity index (χ2v) is 16.0. The van der Waals surface area contributed by atoms with Crippen molar-refractivity contribution in [2.24, 2.45) is 7.05 Å². The average molecular weight is 787 g/mol. The lowest BCUT2D eigenvalue weighted by molar-refractivity contribution is 0.00113. The normalized spacial score (nSPS) is 11.9. The second-order valence-electron chi connectivity index (χ2n) is 16.0. The first-order valence-corrected chi connectivity index (χ1v) is 19.4. The third-order valence-corrected chi connectivity index (χ3v) is 9.37. The summed E-state index contributed by atoms with van der Waals surface area (Å²) < 4.78 is 42.7. The van der Waals surface area contributed by atoms with E-state index in [1.807, 2.05) is 42.5 Å². The summed E-state index contributed by atoms with van der Waals surface area (Å²) in [7, 11) is 1.72. The summed E-state index contributed by atoms with van der Waals surface area (Å²) in [5.41, 5.74) is 1.24. The zero-order valence-electron chi connectivity index (χ0n) is 34.5. The maximum atomic E-state index is 16.4. The summed E-state index contributed by atoms with van der Waals surface area (Å²) in [5, 5.41) is 17.5. The Balaban J connectivity index is 1.55. The summed E-state index contributed by atoms with van der Waals surface area (Å²) in [6.45, 7) is 14.0. The van der Waals surface area contributed by atoms with Crippen LogP contribution in [0, 0.1) is 12.7 Å². The molecule has 0 bridgehead atoms. The van der Waals surface area contributed by atoms with E-state index in [9.17, 15) is 19.5 Å². The van der Waals surface area contributed by atoms with Crippen LogP contribution < -0.4 is 4.74 Å². The molecule has 0 saturated heterocycles. The van der Waals surface area contributed by atoms with E-state index in [-0.39, 0.29) is 31.0 Å². The van der Waals surface area contributed by atoms with Crippen molar-refractivity contribution in [2.75, 3.05) is 19.8 Å². The molecule has 2 amide bonds. The Labute approximate surface area is 333 Å². The molecular formula is C44H55FN4O8. The van der Waals surface area contributed by atoms with E-state index in [1.165, 1.54) is 6.07 Å². The standard InChI is InChI=1S/C44H55FN4O8/c1-10-54-40(51)39-31(20-16-26-55-35-21-15-18-29-17-11-12-19-30(29)35)32-22-23-33(45)37(36-28(2)47(9)46-34(36)27-50)38(32)48(39)24-13-14-25-49(41(52)56-43(3,4)5)42(53)57-44(6,7)8/h11-12,15,17-19,21-23,50H,10,13-14,16,20,24-27H2,1-9H3. The number of aliphatic hydroxyl groups is 1. The molecular weight excluding hydrogens is 732 g/mol. The summed E-state index contributed by atoms with van der Waals surface area (Å²) in [6, 6.07) is 16.9. The number of aliphatic hydroxyl groups excluding tert-OH is 1. The van der Waals surface area contributed by atoms with E-state index in [2.05, 4.69) is 5.10 Å². The van der Waals surface area contributed by atoms with Crippen molar-refractivity contribution >= 4 is 39.8 Å². The van der Waals surface area contributed by atoms with Crippen LogP contribution in [0.4, 0.5) is 14.0 Å². The number of nitrogens with zero attached hydrogens (tertiary/aromatic N) is 4. The summed E-state index contributed by atoms with van der Waals surface area (Å²) in [4.78, 5) is 41.4. The van der Waals surface area contributed by atoms with Crippen LogP contribution in [0.2, 0.25) is 0 Å². The minimum atomic E-state index is -0.857. The first-order valence-electron chi connectivity index (χ1n) is 19.4. The molecule has 0 atom stereocenters. The van der Waals surface area contributed by atoms with E-state index in [4.69, 9.17) is 18.9 Å².